The number of rotatable bonds is 5. The predicted molar refractivity (Wildman–Crippen MR) is 72.7 cm³/mol. The van der Waals surface area contributed by atoms with E-state index in [1.165, 1.54) is 6.42 Å². The summed E-state index contributed by atoms with van der Waals surface area (Å²) in [5.74, 6) is 0.967. The van der Waals surface area contributed by atoms with Crippen LogP contribution in [0.1, 0.15) is 32.1 Å². The molecule has 110 valence electrons. The van der Waals surface area contributed by atoms with Gasteiger partial charge in [0.15, 0.2) is 0 Å². The van der Waals surface area contributed by atoms with Crippen LogP contribution in [0, 0.1) is 11.8 Å². The first-order valence-corrected chi connectivity index (χ1v) is 7.46. The van der Waals surface area contributed by atoms with Gasteiger partial charge in [0.2, 0.25) is 5.91 Å². The second kappa shape index (κ2) is 7.82. The Bertz CT molecular complexity index is 278. The largest absolute Gasteiger partial charge is 0.376 e. The summed E-state index contributed by atoms with van der Waals surface area (Å²) < 4.78 is 10.8. The fourth-order valence-corrected chi connectivity index (χ4v) is 3.04. The molecule has 19 heavy (non-hydrogen) atoms. The number of hydrogen-bond acceptors (Lipinski definition) is 4. The smallest absolute Gasteiger partial charge is 0.223 e. The zero-order valence-corrected chi connectivity index (χ0v) is 11.6. The standard InChI is InChI=1S/C14H26N2O3/c15-5-4-11-2-1-3-12(8-11)14(17)16-9-13-10-18-6-7-19-13/h11-13H,1-10,15H2,(H,16,17). The summed E-state index contributed by atoms with van der Waals surface area (Å²) in [6, 6.07) is 0. The van der Waals surface area contributed by atoms with Gasteiger partial charge < -0.3 is 20.5 Å². The van der Waals surface area contributed by atoms with Gasteiger partial charge in [-0.3, -0.25) is 4.79 Å². The molecule has 1 aliphatic carbocycles. The molecule has 3 N–H and O–H groups in total. The van der Waals surface area contributed by atoms with Crippen LogP contribution < -0.4 is 11.1 Å². The number of carbonyl (C=O) groups is 1. The van der Waals surface area contributed by atoms with Gasteiger partial charge in [0.1, 0.15) is 0 Å². The minimum atomic E-state index is 0.0149. The highest BCUT2D eigenvalue weighted by Gasteiger charge is 2.27. The number of carbonyl (C=O) groups excluding carboxylic acids is 1. The van der Waals surface area contributed by atoms with Crippen LogP contribution in [-0.2, 0) is 14.3 Å². The van der Waals surface area contributed by atoms with Crippen LogP contribution in [-0.4, -0.2) is 44.9 Å². The molecule has 0 aromatic heterocycles. The Balaban J connectivity index is 1.69. The number of ether oxygens (including phenoxy) is 2. The molecule has 1 saturated carbocycles. The average Bonchev–Trinajstić information content (AvgIpc) is 2.46. The van der Waals surface area contributed by atoms with Gasteiger partial charge in [0, 0.05) is 12.5 Å². The summed E-state index contributed by atoms with van der Waals surface area (Å²) in [7, 11) is 0. The Hall–Kier alpha value is -0.650. The molecule has 3 atom stereocenters. The van der Waals surface area contributed by atoms with Gasteiger partial charge >= 0.3 is 0 Å². The maximum Gasteiger partial charge on any atom is 0.223 e. The molecule has 0 aromatic rings. The average molecular weight is 270 g/mol. The van der Waals surface area contributed by atoms with Crippen molar-refractivity contribution in [1.82, 2.24) is 5.32 Å². The Morgan fingerprint density at radius 3 is 2.95 bits per heavy atom. The van der Waals surface area contributed by atoms with E-state index in [1.54, 1.807) is 0 Å². The monoisotopic (exact) mass is 270 g/mol. The molecule has 1 amide bonds. The highest BCUT2D eigenvalue weighted by molar-refractivity contribution is 5.78. The van der Waals surface area contributed by atoms with E-state index >= 15 is 0 Å². The fraction of sp³-hybridized carbons (Fsp3) is 0.929. The summed E-state index contributed by atoms with van der Waals surface area (Å²) in [6.45, 7) is 3.17. The lowest BCUT2D eigenvalue weighted by Gasteiger charge is -2.29. The zero-order valence-electron chi connectivity index (χ0n) is 11.6. The van der Waals surface area contributed by atoms with Gasteiger partial charge in [-0.15, -0.1) is 0 Å². The Morgan fingerprint density at radius 1 is 1.32 bits per heavy atom. The lowest BCUT2D eigenvalue weighted by molar-refractivity contribution is -0.129. The highest BCUT2D eigenvalue weighted by atomic mass is 16.6. The molecule has 2 fully saturated rings. The normalized spacial score (nSPS) is 31.9. The van der Waals surface area contributed by atoms with E-state index in [9.17, 15) is 4.79 Å². The molecule has 1 heterocycles. The van der Waals surface area contributed by atoms with Crippen LogP contribution >= 0.6 is 0 Å². The molecular weight excluding hydrogens is 244 g/mol. The van der Waals surface area contributed by atoms with Crippen LogP contribution in [0.15, 0.2) is 0 Å². The van der Waals surface area contributed by atoms with Gasteiger partial charge in [-0.05, 0) is 31.7 Å². The van der Waals surface area contributed by atoms with Crippen molar-refractivity contribution in [2.24, 2.45) is 17.6 Å². The first kappa shape index (κ1) is 14.8. The van der Waals surface area contributed by atoms with Crippen molar-refractivity contribution in [3.63, 3.8) is 0 Å². The van der Waals surface area contributed by atoms with Crippen molar-refractivity contribution in [2.75, 3.05) is 32.9 Å². The lowest BCUT2D eigenvalue weighted by atomic mass is 9.79. The minimum Gasteiger partial charge on any atom is -0.376 e. The van der Waals surface area contributed by atoms with E-state index < -0.39 is 0 Å². The van der Waals surface area contributed by atoms with Gasteiger partial charge in [0.05, 0.1) is 25.9 Å². The number of nitrogens with one attached hydrogen (secondary N) is 1. The van der Waals surface area contributed by atoms with Crippen molar-refractivity contribution in [3.8, 4) is 0 Å². The topological polar surface area (TPSA) is 73.6 Å². The second-order valence-corrected chi connectivity index (χ2v) is 5.62. The lowest BCUT2D eigenvalue weighted by Crippen LogP contribution is -2.42. The Morgan fingerprint density at radius 2 is 2.21 bits per heavy atom. The van der Waals surface area contributed by atoms with Crippen LogP contribution in [0.5, 0.6) is 0 Å². The molecule has 0 spiro atoms. The van der Waals surface area contributed by atoms with E-state index in [2.05, 4.69) is 5.32 Å². The van der Waals surface area contributed by atoms with E-state index in [-0.39, 0.29) is 17.9 Å². The molecule has 0 radical (unpaired) electrons. The first-order valence-electron chi connectivity index (χ1n) is 7.46. The van der Waals surface area contributed by atoms with Crippen LogP contribution in [0.25, 0.3) is 0 Å². The maximum atomic E-state index is 12.2. The SMILES string of the molecule is NCCC1CCCC(C(=O)NCC2COCCO2)C1. The highest BCUT2D eigenvalue weighted by Crippen LogP contribution is 2.30. The first-order chi connectivity index (χ1) is 9.29. The molecule has 1 saturated heterocycles. The predicted octanol–water partition coefficient (Wildman–Crippen LogP) is 0.673. The van der Waals surface area contributed by atoms with Crippen LogP contribution in [0.3, 0.4) is 0 Å². The minimum absolute atomic E-state index is 0.0149. The van der Waals surface area contributed by atoms with Crippen LogP contribution in [0.2, 0.25) is 0 Å². The third kappa shape index (κ3) is 4.75. The molecule has 2 rings (SSSR count). The van der Waals surface area contributed by atoms with Crippen molar-refractivity contribution in [1.29, 1.82) is 0 Å². The molecule has 0 aromatic carbocycles. The van der Waals surface area contributed by atoms with E-state index in [4.69, 9.17) is 15.2 Å². The fourth-order valence-electron chi connectivity index (χ4n) is 3.04. The van der Waals surface area contributed by atoms with Gasteiger partial charge in [0.25, 0.3) is 0 Å². The van der Waals surface area contributed by atoms with E-state index in [0.717, 1.165) is 32.2 Å². The Labute approximate surface area is 115 Å². The third-order valence-corrected chi connectivity index (χ3v) is 4.12. The van der Waals surface area contributed by atoms with Gasteiger partial charge in [-0.25, -0.2) is 0 Å². The summed E-state index contributed by atoms with van der Waals surface area (Å²) >= 11 is 0. The second-order valence-electron chi connectivity index (χ2n) is 5.62. The maximum absolute atomic E-state index is 12.2. The molecule has 3 unspecified atom stereocenters. The van der Waals surface area contributed by atoms with E-state index in [1.807, 2.05) is 0 Å². The number of amides is 1. The van der Waals surface area contributed by atoms with Gasteiger partial charge in [-0.1, -0.05) is 12.8 Å². The van der Waals surface area contributed by atoms with Crippen molar-refractivity contribution in [2.45, 2.75) is 38.2 Å². The Kier molecular flexibility index (Phi) is 6.07. The molecular formula is C14H26N2O3. The quantitative estimate of drug-likeness (QED) is 0.770. The summed E-state index contributed by atoms with van der Waals surface area (Å²) in [5, 5.41) is 3.01. The number of hydrogen-bond donors (Lipinski definition) is 2. The molecule has 5 heteroatoms. The third-order valence-electron chi connectivity index (χ3n) is 4.12. The molecule has 5 nitrogen and oxygen atoms in total. The van der Waals surface area contributed by atoms with E-state index in [0.29, 0.717) is 32.3 Å². The summed E-state index contributed by atoms with van der Waals surface area (Å²) in [5.41, 5.74) is 5.61. The van der Waals surface area contributed by atoms with Crippen molar-refractivity contribution in [3.05, 3.63) is 0 Å². The van der Waals surface area contributed by atoms with Crippen molar-refractivity contribution >= 4 is 5.91 Å². The summed E-state index contributed by atoms with van der Waals surface area (Å²) in [4.78, 5) is 12.2. The van der Waals surface area contributed by atoms with Gasteiger partial charge in [-0.2, -0.15) is 0 Å². The molecule has 0 bridgehead atoms. The van der Waals surface area contributed by atoms with Crippen molar-refractivity contribution < 1.29 is 14.3 Å². The number of nitrogens with two attached hydrogens (primary N) is 1. The molecule has 1 aliphatic heterocycles. The summed E-state index contributed by atoms with van der Waals surface area (Å²) in [6.07, 6.45) is 5.43. The van der Waals surface area contributed by atoms with Crippen LogP contribution in [0.4, 0.5) is 0 Å². The molecule has 2 aliphatic rings. The zero-order chi connectivity index (χ0) is 13.5.